The molecule has 9 heteroatoms. The summed E-state index contributed by atoms with van der Waals surface area (Å²) in [7, 11) is 0. The number of likely N-dealkylation sites (tertiary alicyclic amines) is 1. The van der Waals surface area contributed by atoms with Gasteiger partial charge in [0.1, 0.15) is 12.1 Å². The molecule has 0 aliphatic carbocycles. The number of carboxylic acid groups (broad SMARTS) is 1. The highest BCUT2D eigenvalue weighted by molar-refractivity contribution is 5.92. The van der Waals surface area contributed by atoms with Gasteiger partial charge in [-0.15, -0.1) is 0 Å². The van der Waals surface area contributed by atoms with Crippen molar-refractivity contribution >= 4 is 17.8 Å². The number of carbonyl (C=O) groups is 3. The van der Waals surface area contributed by atoms with Crippen molar-refractivity contribution in [1.29, 1.82) is 0 Å². The Morgan fingerprint density at radius 3 is 2.81 bits per heavy atom. The molecule has 4 N–H and O–H groups in total. The number of aromatic nitrogens is 2. The Morgan fingerprint density at radius 1 is 1.31 bits per heavy atom. The van der Waals surface area contributed by atoms with E-state index in [-0.39, 0.29) is 24.3 Å². The van der Waals surface area contributed by atoms with E-state index >= 15 is 0 Å². The van der Waals surface area contributed by atoms with Crippen molar-refractivity contribution in [3.63, 3.8) is 0 Å². The topological polar surface area (TPSA) is 127 Å². The Bertz CT molecular complexity index is 642. The van der Waals surface area contributed by atoms with Crippen LogP contribution in [0.2, 0.25) is 0 Å². The summed E-state index contributed by atoms with van der Waals surface area (Å²) in [6.07, 6.45) is 7.19. The summed E-state index contributed by atoms with van der Waals surface area (Å²) in [5, 5.41) is 15.3. The Hall–Kier alpha value is -2.42. The second-order valence-electron chi connectivity index (χ2n) is 6.87. The van der Waals surface area contributed by atoms with Crippen molar-refractivity contribution in [3.8, 4) is 0 Å². The first-order valence-corrected chi connectivity index (χ1v) is 9.10. The van der Waals surface area contributed by atoms with Gasteiger partial charge >= 0.3 is 5.97 Å². The van der Waals surface area contributed by atoms with Crippen LogP contribution in [0.4, 0.5) is 0 Å². The molecule has 0 bridgehead atoms. The minimum atomic E-state index is -1.00. The number of nitrogens with zero attached hydrogens (tertiary/aromatic N) is 2. The number of carboxylic acids is 1. The van der Waals surface area contributed by atoms with E-state index in [4.69, 9.17) is 0 Å². The van der Waals surface area contributed by atoms with Crippen molar-refractivity contribution in [1.82, 2.24) is 25.5 Å². The fraction of sp³-hybridized carbons (Fsp3) is 0.647. The molecule has 3 rings (SSSR count). The van der Waals surface area contributed by atoms with Gasteiger partial charge in [0.2, 0.25) is 11.8 Å². The highest BCUT2D eigenvalue weighted by Crippen LogP contribution is 2.19. The summed E-state index contributed by atoms with van der Waals surface area (Å²) in [4.78, 5) is 45.3. The van der Waals surface area contributed by atoms with Crippen molar-refractivity contribution in [2.24, 2.45) is 0 Å². The lowest BCUT2D eigenvalue weighted by Crippen LogP contribution is -2.56. The van der Waals surface area contributed by atoms with E-state index in [9.17, 15) is 19.5 Å². The Balaban J connectivity index is 1.72. The highest BCUT2D eigenvalue weighted by atomic mass is 16.4. The van der Waals surface area contributed by atoms with E-state index in [2.05, 4.69) is 20.6 Å². The molecule has 3 heterocycles. The van der Waals surface area contributed by atoms with E-state index in [1.54, 1.807) is 6.20 Å². The zero-order valence-corrected chi connectivity index (χ0v) is 14.6. The minimum absolute atomic E-state index is 0.214. The Morgan fingerprint density at radius 2 is 2.15 bits per heavy atom. The average Bonchev–Trinajstić information content (AvgIpc) is 3.33. The molecule has 3 atom stereocenters. The van der Waals surface area contributed by atoms with E-state index < -0.39 is 18.1 Å². The standard InChI is InChI=1S/C17H25N5O4/c23-15(12-4-1-2-6-19-12)21-13(8-11-9-18-10-20-11)16(24)22-7-3-5-14(22)17(25)26/h9-10,12-14,19H,1-8H2,(H,18,20)(H,21,23)(H,25,26)/t12-,13-,14-/m0/s1. The number of hydrogen-bond acceptors (Lipinski definition) is 5. The van der Waals surface area contributed by atoms with Gasteiger partial charge in [0.25, 0.3) is 0 Å². The van der Waals surface area contributed by atoms with Gasteiger partial charge in [0.15, 0.2) is 0 Å². The summed E-state index contributed by atoms with van der Waals surface area (Å²) in [5.74, 6) is -1.57. The van der Waals surface area contributed by atoms with Gasteiger partial charge in [-0.1, -0.05) is 6.42 Å². The van der Waals surface area contributed by atoms with Crippen LogP contribution in [-0.2, 0) is 20.8 Å². The number of piperidine rings is 1. The quantitative estimate of drug-likeness (QED) is 0.547. The molecule has 9 nitrogen and oxygen atoms in total. The van der Waals surface area contributed by atoms with Crippen molar-refractivity contribution in [3.05, 3.63) is 18.2 Å². The van der Waals surface area contributed by atoms with Gasteiger partial charge in [-0.3, -0.25) is 9.59 Å². The first-order chi connectivity index (χ1) is 12.6. The first-order valence-electron chi connectivity index (χ1n) is 9.10. The first kappa shape index (κ1) is 18.4. The summed E-state index contributed by atoms with van der Waals surface area (Å²) in [5.41, 5.74) is 0.714. The molecule has 2 aliphatic rings. The maximum atomic E-state index is 13.0. The molecule has 2 saturated heterocycles. The normalized spacial score (nSPS) is 24.2. The van der Waals surface area contributed by atoms with Crippen LogP contribution in [-0.4, -0.2) is 69.0 Å². The molecular weight excluding hydrogens is 338 g/mol. The van der Waals surface area contributed by atoms with Crippen LogP contribution in [0, 0.1) is 0 Å². The number of aromatic amines is 1. The molecule has 2 fully saturated rings. The average molecular weight is 363 g/mol. The maximum absolute atomic E-state index is 13.0. The van der Waals surface area contributed by atoms with Crippen LogP contribution >= 0.6 is 0 Å². The molecule has 2 amide bonds. The number of imidazole rings is 1. The molecule has 2 aliphatic heterocycles. The maximum Gasteiger partial charge on any atom is 0.326 e. The van der Waals surface area contributed by atoms with Crippen LogP contribution in [0.15, 0.2) is 12.5 Å². The van der Waals surface area contributed by atoms with E-state index in [0.717, 1.165) is 25.8 Å². The fourth-order valence-electron chi connectivity index (χ4n) is 3.65. The fourth-order valence-corrected chi connectivity index (χ4v) is 3.65. The molecule has 142 valence electrons. The minimum Gasteiger partial charge on any atom is -0.480 e. The molecule has 1 aromatic heterocycles. The van der Waals surface area contributed by atoms with E-state index in [1.165, 1.54) is 11.2 Å². The number of rotatable bonds is 6. The molecule has 26 heavy (non-hydrogen) atoms. The second kappa shape index (κ2) is 8.31. The third-order valence-electron chi connectivity index (χ3n) is 5.04. The van der Waals surface area contributed by atoms with Crippen molar-refractivity contribution < 1.29 is 19.5 Å². The SMILES string of the molecule is O=C(N[C@@H](Cc1cnc[nH]1)C(=O)N1CCC[C@H]1C(=O)O)[C@@H]1CCCCN1. The Kier molecular flexibility index (Phi) is 5.87. The lowest BCUT2D eigenvalue weighted by atomic mass is 10.0. The highest BCUT2D eigenvalue weighted by Gasteiger charge is 2.38. The van der Waals surface area contributed by atoms with Crippen LogP contribution in [0.25, 0.3) is 0 Å². The van der Waals surface area contributed by atoms with Crippen LogP contribution in [0.5, 0.6) is 0 Å². The van der Waals surface area contributed by atoms with Gasteiger partial charge < -0.3 is 25.6 Å². The van der Waals surface area contributed by atoms with Gasteiger partial charge in [0.05, 0.1) is 12.4 Å². The van der Waals surface area contributed by atoms with Crippen LogP contribution in [0.3, 0.4) is 0 Å². The number of aliphatic carboxylic acids is 1. The Labute approximate surface area is 151 Å². The zero-order valence-electron chi connectivity index (χ0n) is 14.6. The van der Waals surface area contributed by atoms with Crippen LogP contribution in [0.1, 0.15) is 37.8 Å². The van der Waals surface area contributed by atoms with E-state index in [0.29, 0.717) is 25.1 Å². The molecule has 1 aromatic rings. The molecule has 0 spiro atoms. The predicted octanol–water partition coefficient (Wildman–Crippen LogP) is -0.345. The summed E-state index contributed by atoms with van der Waals surface area (Å²) in [6.45, 7) is 1.18. The molecule has 0 saturated carbocycles. The monoisotopic (exact) mass is 363 g/mol. The van der Waals surface area contributed by atoms with Crippen molar-refractivity contribution in [2.45, 2.75) is 56.7 Å². The van der Waals surface area contributed by atoms with Crippen LogP contribution < -0.4 is 10.6 Å². The smallest absolute Gasteiger partial charge is 0.326 e. The van der Waals surface area contributed by atoms with Gasteiger partial charge in [-0.25, -0.2) is 9.78 Å². The summed E-state index contributed by atoms with van der Waals surface area (Å²) < 4.78 is 0. The van der Waals surface area contributed by atoms with Crippen molar-refractivity contribution in [2.75, 3.05) is 13.1 Å². The molecular formula is C17H25N5O4. The third kappa shape index (κ3) is 4.21. The zero-order chi connectivity index (χ0) is 18.5. The number of H-pyrrole nitrogens is 1. The summed E-state index contributed by atoms with van der Waals surface area (Å²) in [6, 6.07) is -1.95. The second-order valence-corrected chi connectivity index (χ2v) is 6.87. The number of amides is 2. The number of hydrogen-bond donors (Lipinski definition) is 4. The van der Waals surface area contributed by atoms with Gasteiger partial charge in [-0.05, 0) is 32.2 Å². The van der Waals surface area contributed by atoms with E-state index in [1.807, 2.05) is 0 Å². The predicted molar refractivity (Wildman–Crippen MR) is 92.2 cm³/mol. The van der Waals surface area contributed by atoms with Gasteiger partial charge in [-0.2, -0.15) is 0 Å². The molecule has 0 aromatic carbocycles. The summed E-state index contributed by atoms with van der Waals surface area (Å²) >= 11 is 0. The lowest BCUT2D eigenvalue weighted by molar-refractivity contribution is -0.149. The number of carbonyl (C=O) groups excluding carboxylic acids is 2. The third-order valence-corrected chi connectivity index (χ3v) is 5.04. The largest absolute Gasteiger partial charge is 0.480 e. The molecule has 0 radical (unpaired) electrons. The number of nitrogens with one attached hydrogen (secondary N) is 3. The molecule has 0 unspecified atom stereocenters. The lowest BCUT2D eigenvalue weighted by Gasteiger charge is -2.29. The van der Waals surface area contributed by atoms with Gasteiger partial charge in [0, 0.05) is 24.9 Å².